The molecule has 0 spiro atoms. The molecule has 4 nitrogen and oxygen atoms in total. The third kappa shape index (κ3) is 3.00. The Kier molecular flexibility index (Phi) is 3.73. The molecule has 0 amide bonds. The van der Waals surface area contributed by atoms with Crippen LogP contribution in [0.4, 0.5) is 0 Å². The molecular formula is C8H16N4. The van der Waals surface area contributed by atoms with E-state index in [1.54, 1.807) is 0 Å². The Morgan fingerprint density at radius 1 is 1.67 bits per heavy atom. The number of H-pyrrole nitrogens is 1. The van der Waals surface area contributed by atoms with Crippen molar-refractivity contribution in [2.75, 3.05) is 0 Å². The Labute approximate surface area is 72.8 Å². The SMILES string of the molecule is CCCC(C)NCc1ncn[nH]1. The van der Waals surface area contributed by atoms with Gasteiger partial charge in [-0.1, -0.05) is 13.3 Å². The van der Waals surface area contributed by atoms with Crippen LogP contribution in [0.25, 0.3) is 0 Å². The first-order valence-electron chi connectivity index (χ1n) is 4.40. The molecule has 0 fully saturated rings. The number of aromatic nitrogens is 3. The minimum absolute atomic E-state index is 0.556. The summed E-state index contributed by atoms with van der Waals surface area (Å²) < 4.78 is 0. The highest BCUT2D eigenvalue weighted by Gasteiger charge is 2.00. The van der Waals surface area contributed by atoms with Gasteiger partial charge in [-0.2, -0.15) is 5.10 Å². The van der Waals surface area contributed by atoms with Gasteiger partial charge in [0.15, 0.2) is 0 Å². The van der Waals surface area contributed by atoms with Crippen molar-refractivity contribution < 1.29 is 0 Å². The second-order valence-corrected chi connectivity index (χ2v) is 3.00. The van der Waals surface area contributed by atoms with Gasteiger partial charge in [0, 0.05) is 6.04 Å². The first-order valence-corrected chi connectivity index (χ1v) is 4.40. The highest BCUT2D eigenvalue weighted by atomic mass is 15.2. The number of nitrogens with one attached hydrogen (secondary N) is 2. The molecule has 68 valence electrons. The van der Waals surface area contributed by atoms with E-state index in [2.05, 4.69) is 34.3 Å². The van der Waals surface area contributed by atoms with Crippen LogP contribution in [0.3, 0.4) is 0 Å². The fourth-order valence-electron chi connectivity index (χ4n) is 1.12. The van der Waals surface area contributed by atoms with Gasteiger partial charge in [-0.15, -0.1) is 0 Å². The van der Waals surface area contributed by atoms with Gasteiger partial charge in [-0.3, -0.25) is 5.10 Å². The molecule has 0 aliphatic heterocycles. The number of nitrogens with zero attached hydrogens (tertiary/aromatic N) is 2. The topological polar surface area (TPSA) is 53.6 Å². The standard InChI is InChI=1S/C8H16N4/c1-3-4-7(2)9-5-8-10-6-11-12-8/h6-7,9H,3-5H2,1-2H3,(H,10,11,12). The molecular weight excluding hydrogens is 152 g/mol. The average Bonchev–Trinajstić information content (AvgIpc) is 2.53. The van der Waals surface area contributed by atoms with Gasteiger partial charge in [0.05, 0.1) is 6.54 Å². The predicted octanol–water partition coefficient (Wildman–Crippen LogP) is 1.08. The van der Waals surface area contributed by atoms with Gasteiger partial charge in [-0.05, 0) is 13.3 Å². The Morgan fingerprint density at radius 2 is 2.50 bits per heavy atom. The van der Waals surface area contributed by atoms with Gasteiger partial charge in [0.25, 0.3) is 0 Å². The van der Waals surface area contributed by atoms with Crippen LogP contribution in [-0.4, -0.2) is 21.2 Å². The number of aromatic amines is 1. The lowest BCUT2D eigenvalue weighted by Gasteiger charge is -2.10. The van der Waals surface area contributed by atoms with Crippen molar-refractivity contribution in [2.24, 2.45) is 0 Å². The van der Waals surface area contributed by atoms with E-state index in [1.807, 2.05) is 0 Å². The van der Waals surface area contributed by atoms with Crippen LogP contribution in [0, 0.1) is 0 Å². The maximum Gasteiger partial charge on any atom is 0.138 e. The second-order valence-electron chi connectivity index (χ2n) is 3.00. The highest BCUT2D eigenvalue weighted by molar-refractivity contribution is 4.79. The van der Waals surface area contributed by atoms with Crippen molar-refractivity contribution in [3.63, 3.8) is 0 Å². The summed E-state index contributed by atoms with van der Waals surface area (Å²) in [5.74, 6) is 0.901. The summed E-state index contributed by atoms with van der Waals surface area (Å²) in [4.78, 5) is 4.02. The first-order chi connectivity index (χ1) is 5.83. The van der Waals surface area contributed by atoms with Crippen molar-refractivity contribution in [3.05, 3.63) is 12.2 Å². The van der Waals surface area contributed by atoms with Crippen molar-refractivity contribution in [1.82, 2.24) is 20.5 Å². The van der Waals surface area contributed by atoms with E-state index in [0.29, 0.717) is 6.04 Å². The van der Waals surface area contributed by atoms with Crippen molar-refractivity contribution in [1.29, 1.82) is 0 Å². The first kappa shape index (κ1) is 9.19. The van der Waals surface area contributed by atoms with Crippen LogP contribution in [0.15, 0.2) is 6.33 Å². The quantitative estimate of drug-likeness (QED) is 0.691. The molecule has 1 aromatic rings. The van der Waals surface area contributed by atoms with Crippen LogP contribution >= 0.6 is 0 Å². The third-order valence-electron chi connectivity index (χ3n) is 1.80. The molecule has 0 saturated carbocycles. The maximum atomic E-state index is 4.02. The minimum atomic E-state index is 0.556. The molecule has 2 N–H and O–H groups in total. The van der Waals surface area contributed by atoms with E-state index in [-0.39, 0.29) is 0 Å². The Balaban J connectivity index is 2.17. The van der Waals surface area contributed by atoms with Crippen molar-refractivity contribution in [3.8, 4) is 0 Å². The van der Waals surface area contributed by atoms with Gasteiger partial charge >= 0.3 is 0 Å². The fraction of sp³-hybridized carbons (Fsp3) is 0.750. The van der Waals surface area contributed by atoms with E-state index in [4.69, 9.17) is 0 Å². The van der Waals surface area contributed by atoms with Crippen LogP contribution in [-0.2, 0) is 6.54 Å². The molecule has 1 aromatic heterocycles. The molecule has 1 heterocycles. The zero-order valence-electron chi connectivity index (χ0n) is 7.67. The number of hydrogen-bond acceptors (Lipinski definition) is 3. The van der Waals surface area contributed by atoms with E-state index < -0.39 is 0 Å². The molecule has 12 heavy (non-hydrogen) atoms. The molecule has 0 saturated heterocycles. The zero-order chi connectivity index (χ0) is 8.81. The minimum Gasteiger partial charge on any atom is -0.307 e. The molecule has 0 aromatic carbocycles. The van der Waals surface area contributed by atoms with Gasteiger partial charge in [-0.25, -0.2) is 4.98 Å². The average molecular weight is 168 g/mol. The van der Waals surface area contributed by atoms with Crippen molar-refractivity contribution >= 4 is 0 Å². The summed E-state index contributed by atoms with van der Waals surface area (Å²) >= 11 is 0. The summed E-state index contributed by atoms with van der Waals surface area (Å²) in [5, 5.41) is 9.93. The Morgan fingerprint density at radius 3 is 3.08 bits per heavy atom. The van der Waals surface area contributed by atoms with E-state index >= 15 is 0 Å². The summed E-state index contributed by atoms with van der Waals surface area (Å²) in [5.41, 5.74) is 0. The maximum absolute atomic E-state index is 4.02. The molecule has 4 heteroatoms. The highest BCUT2D eigenvalue weighted by Crippen LogP contribution is 1.95. The molecule has 0 aliphatic rings. The zero-order valence-corrected chi connectivity index (χ0v) is 7.67. The number of hydrogen-bond donors (Lipinski definition) is 2. The Bertz CT molecular complexity index is 195. The largest absolute Gasteiger partial charge is 0.307 e. The van der Waals surface area contributed by atoms with Crippen LogP contribution in [0.1, 0.15) is 32.5 Å². The monoisotopic (exact) mass is 168 g/mol. The van der Waals surface area contributed by atoms with Crippen LogP contribution in [0.2, 0.25) is 0 Å². The summed E-state index contributed by atoms with van der Waals surface area (Å²) in [6.07, 6.45) is 3.94. The molecule has 1 unspecified atom stereocenters. The normalized spacial score (nSPS) is 13.2. The summed E-state index contributed by atoms with van der Waals surface area (Å²) in [6.45, 7) is 5.15. The van der Waals surface area contributed by atoms with Crippen molar-refractivity contribution in [2.45, 2.75) is 39.3 Å². The van der Waals surface area contributed by atoms with Gasteiger partial charge < -0.3 is 5.32 Å². The summed E-state index contributed by atoms with van der Waals surface area (Å²) in [6, 6.07) is 0.556. The Hall–Kier alpha value is -0.900. The lowest BCUT2D eigenvalue weighted by molar-refractivity contribution is 0.500. The molecule has 1 rings (SSSR count). The number of rotatable bonds is 5. The van der Waals surface area contributed by atoms with Crippen LogP contribution in [0.5, 0.6) is 0 Å². The molecule has 0 bridgehead atoms. The fourth-order valence-corrected chi connectivity index (χ4v) is 1.12. The van der Waals surface area contributed by atoms with E-state index in [1.165, 1.54) is 19.2 Å². The van der Waals surface area contributed by atoms with Gasteiger partial charge in [0.1, 0.15) is 12.2 Å². The summed E-state index contributed by atoms with van der Waals surface area (Å²) in [7, 11) is 0. The molecule has 0 radical (unpaired) electrons. The van der Waals surface area contributed by atoms with E-state index in [9.17, 15) is 0 Å². The smallest absolute Gasteiger partial charge is 0.138 e. The lowest BCUT2D eigenvalue weighted by atomic mass is 10.2. The van der Waals surface area contributed by atoms with Crippen LogP contribution < -0.4 is 5.32 Å². The molecule has 0 aliphatic carbocycles. The van der Waals surface area contributed by atoms with Gasteiger partial charge in [0.2, 0.25) is 0 Å². The molecule has 1 atom stereocenters. The predicted molar refractivity (Wildman–Crippen MR) is 47.6 cm³/mol. The third-order valence-corrected chi connectivity index (χ3v) is 1.80. The van der Waals surface area contributed by atoms with E-state index in [0.717, 1.165) is 12.4 Å². The second kappa shape index (κ2) is 4.87. The lowest BCUT2D eigenvalue weighted by Crippen LogP contribution is -2.25.